The van der Waals surface area contributed by atoms with Gasteiger partial charge in [0.1, 0.15) is 0 Å². The summed E-state index contributed by atoms with van der Waals surface area (Å²) < 4.78 is 0. The number of benzene rings is 4. The number of nitrogens with zero attached hydrogens (tertiary/aromatic N) is 1. The highest BCUT2D eigenvalue weighted by molar-refractivity contribution is 7.08. The molecule has 4 heteroatoms. The highest BCUT2D eigenvalue weighted by Crippen LogP contribution is 2.46. The van der Waals surface area contributed by atoms with Gasteiger partial charge in [0.15, 0.2) is 5.60 Å². The van der Waals surface area contributed by atoms with Crippen molar-refractivity contribution in [3.05, 3.63) is 112 Å². The van der Waals surface area contributed by atoms with Crippen molar-refractivity contribution >= 4 is 44.5 Å². The lowest BCUT2D eigenvalue weighted by Crippen LogP contribution is -2.40. The molecular weight excluding hydrogens is 402 g/mol. The minimum atomic E-state index is -1.66. The van der Waals surface area contributed by atoms with E-state index in [-0.39, 0.29) is 5.91 Å². The van der Waals surface area contributed by atoms with Crippen LogP contribution in [0, 0.1) is 0 Å². The van der Waals surface area contributed by atoms with Crippen LogP contribution in [0.3, 0.4) is 0 Å². The molecule has 1 N–H and O–H groups in total. The predicted molar refractivity (Wildman–Crippen MR) is 126 cm³/mol. The average Bonchev–Trinajstić information content (AvgIpc) is 3.42. The van der Waals surface area contributed by atoms with Crippen molar-refractivity contribution in [3.8, 4) is 0 Å². The lowest BCUT2D eigenvalue weighted by Gasteiger charge is -2.24. The first-order valence-corrected chi connectivity index (χ1v) is 11.2. The molecule has 2 heterocycles. The van der Waals surface area contributed by atoms with Crippen molar-refractivity contribution in [3.63, 3.8) is 0 Å². The summed E-state index contributed by atoms with van der Waals surface area (Å²) in [6, 6.07) is 28.1. The predicted octanol–water partition coefficient (Wildman–Crippen LogP) is 5.84. The number of hydrogen-bond acceptors (Lipinski definition) is 3. The van der Waals surface area contributed by atoms with Gasteiger partial charge in [0.25, 0.3) is 5.91 Å². The molecule has 1 atom stereocenters. The molecule has 0 unspecified atom stereocenters. The fourth-order valence-electron chi connectivity index (χ4n) is 4.78. The molecule has 0 radical (unpaired) electrons. The number of fused-ring (bicyclic) bond motifs is 3. The number of amides is 1. The number of anilines is 1. The summed E-state index contributed by atoms with van der Waals surface area (Å²) >= 11 is 1.48. The van der Waals surface area contributed by atoms with Gasteiger partial charge in [-0.15, -0.1) is 0 Å². The number of thiophene rings is 1. The molecule has 3 nitrogen and oxygen atoms in total. The summed E-state index contributed by atoms with van der Waals surface area (Å²) in [5, 5.41) is 19.9. The molecule has 150 valence electrons. The Morgan fingerprint density at radius 2 is 1.48 bits per heavy atom. The van der Waals surface area contributed by atoms with Crippen LogP contribution in [0.1, 0.15) is 16.7 Å². The van der Waals surface area contributed by atoms with E-state index >= 15 is 0 Å². The number of carbonyl (C=O) groups is 1. The van der Waals surface area contributed by atoms with E-state index in [0.29, 0.717) is 17.7 Å². The number of rotatable bonds is 3. The van der Waals surface area contributed by atoms with Crippen LogP contribution in [-0.2, 0) is 16.9 Å². The zero-order valence-electron chi connectivity index (χ0n) is 16.7. The summed E-state index contributed by atoms with van der Waals surface area (Å²) in [5.41, 5.74) is 1.46. The number of hydrogen-bond donors (Lipinski definition) is 1. The largest absolute Gasteiger partial charge is 0.372 e. The first-order valence-electron chi connectivity index (χ1n) is 10.2. The molecule has 1 aromatic heterocycles. The first kappa shape index (κ1) is 18.3. The summed E-state index contributed by atoms with van der Waals surface area (Å²) in [6.45, 7) is 0.393. The molecule has 31 heavy (non-hydrogen) atoms. The Balaban J connectivity index is 1.57. The summed E-state index contributed by atoms with van der Waals surface area (Å²) in [5.74, 6) is -0.302. The van der Waals surface area contributed by atoms with E-state index in [1.54, 1.807) is 4.90 Å². The lowest BCUT2D eigenvalue weighted by molar-refractivity contribution is -0.132. The minimum absolute atomic E-state index is 0.302. The van der Waals surface area contributed by atoms with E-state index in [1.165, 1.54) is 11.3 Å². The molecule has 1 amide bonds. The number of carbonyl (C=O) groups excluding carboxylic acids is 1. The third-order valence-electron chi connectivity index (χ3n) is 6.28. The van der Waals surface area contributed by atoms with E-state index < -0.39 is 5.60 Å². The monoisotopic (exact) mass is 421 g/mol. The van der Waals surface area contributed by atoms with Crippen molar-refractivity contribution in [2.45, 2.75) is 12.1 Å². The van der Waals surface area contributed by atoms with Crippen molar-refractivity contribution in [2.24, 2.45) is 0 Å². The van der Waals surface area contributed by atoms with Crippen LogP contribution < -0.4 is 4.90 Å². The number of aliphatic hydroxyl groups is 1. The van der Waals surface area contributed by atoms with Gasteiger partial charge in [-0.1, -0.05) is 66.7 Å². The zero-order chi connectivity index (χ0) is 21.0. The van der Waals surface area contributed by atoms with Gasteiger partial charge in [0.05, 0.1) is 12.2 Å². The van der Waals surface area contributed by atoms with Gasteiger partial charge in [0.2, 0.25) is 0 Å². The highest BCUT2D eigenvalue weighted by atomic mass is 32.1. The fraction of sp³-hybridized carbons (Fsp3) is 0.0741. The molecule has 0 fully saturated rings. The standard InChI is InChI=1S/C27H19NO2S/c29-26-27(30,20-13-14-31-17-20)24-11-5-6-12-25(24)28(26)16-23-21-9-3-1-7-18(21)15-19-8-2-4-10-22(19)23/h1-15,17,30H,16H2/t27-/m1/s1. The molecule has 1 aliphatic heterocycles. The number of para-hydroxylation sites is 1. The third-order valence-corrected chi connectivity index (χ3v) is 6.96. The second-order valence-corrected chi connectivity index (χ2v) is 8.71. The molecule has 1 aliphatic rings. The maximum atomic E-state index is 13.7. The molecule has 0 bridgehead atoms. The second-order valence-electron chi connectivity index (χ2n) is 7.93. The Hall–Kier alpha value is -3.47. The molecular formula is C27H19NO2S. The van der Waals surface area contributed by atoms with Crippen LogP contribution in [0.2, 0.25) is 0 Å². The molecule has 0 spiro atoms. The highest BCUT2D eigenvalue weighted by Gasteiger charge is 2.51. The van der Waals surface area contributed by atoms with Gasteiger partial charge < -0.3 is 10.0 Å². The van der Waals surface area contributed by atoms with Crippen molar-refractivity contribution in [2.75, 3.05) is 4.90 Å². The van der Waals surface area contributed by atoms with E-state index in [9.17, 15) is 9.90 Å². The van der Waals surface area contributed by atoms with Gasteiger partial charge in [-0.05, 0) is 56.1 Å². The second kappa shape index (κ2) is 6.77. The normalized spacial score (nSPS) is 18.1. The molecule has 6 rings (SSSR count). The van der Waals surface area contributed by atoms with E-state index in [0.717, 1.165) is 32.8 Å². The quantitative estimate of drug-likeness (QED) is 0.372. The smallest absolute Gasteiger partial charge is 0.268 e. The fourth-order valence-corrected chi connectivity index (χ4v) is 5.48. The SMILES string of the molecule is O=C1N(Cc2c3ccccc3cc3ccccc23)c2ccccc2[C@]1(O)c1ccsc1. The van der Waals surface area contributed by atoms with Crippen LogP contribution in [0.4, 0.5) is 5.69 Å². The van der Waals surface area contributed by atoms with Gasteiger partial charge >= 0.3 is 0 Å². The Labute approximate surface area is 183 Å². The Morgan fingerprint density at radius 3 is 2.16 bits per heavy atom. The molecule has 0 saturated carbocycles. The van der Waals surface area contributed by atoms with Gasteiger partial charge in [-0.25, -0.2) is 0 Å². The van der Waals surface area contributed by atoms with Crippen LogP contribution >= 0.6 is 11.3 Å². The minimum Gasteiger partial charge on any atom is -0.372 e. The van der Waals surface area contributed by atoms with E-state index in [2.05, 4.69) is 30.3 Å². The van der Waals surface area contributed by atoms with Gasteiger partial charge in [0, 0.05) is 11.1 Å². The van der Waals surface area contributed by atoms with Crippen LogP contribution in [-0.4, -0.2) is 11.0 Å². The third kappa shape index (κ3) is 2.59. The van der Waals surface area contributed by atoms with Gasteiger partial charge in [-0.2, -0.15) is 11.3 Å². The van der Waals surface area contributed by atoms with Crippen LogP contribution in [0.15, 0.2) is 95.7 Å². The molecule has 0 aliphatic carbocycles. The summed E-state index contributed by atoms with van der Waals surface area (Å²) in [4.78, 5) is 15.5. The Bertz CT molecular complexity index is 1400. The topological polar surface area (TPSA) is 40.5 Å². The van der Waals surface area contributed by atoms with E-state index in [1.807, 2.05) is 65.4 Å². The van der Waals surface area contributed by atoms with Crippen molar-refractivity contribution in [1.29, 1.82) is 0 Å². The Morgan fingerprint density at radius 1 is 0.839 bits per heavy atom. The first-order chi connectivity index (χ1) is 15.2. The molecule has 5 aromatic rings. The van der Waals surface area contributed by atoms with E-state index in [4.69, 9.17) is 0 Å². The maximum Gasteiger partial charge on any atom is 0.268 e. The summed E-state index contributed by atoms with van der Waals surface area (Å²) in [7, 11) is 0. The summed E-state index contributed by atoms with van der Waals surface area (Å²) in [6.07, 6.45) is 0. The van der Waals surface area contributed by atoms with Crippen LogP contribution in [0.25, 0.3) is 21.5 Å². The zero-order valence-corrected chi connectivity index (χ0v) is 17.5. The van der Waals surface area contributed by atoms with Crippen LogP contribution in [0.5, 0.6) is 0 Å². The Kier molecular flexibility index (Phi) is 4.00. The molecule has 0 saturated heterocycles. The lowest BCUT2D eigenvalue weighted by atomic mass is 9.89. The average molecular weight is 422 g/mol. The molecule has 4 aromatic carbocycles. The van der Waals surface area contributed by atoms with Crippen molar-refractivity contribution in [1.82, 2.24) is 0 Å². The van der Waals surface area contributed by atoms with Crippen molar-refractivity contribution < 1.29 is 9.90 Å². The van der Waals surface area contributed by atoms with Gasteiger partial charge in [-0.3, -0.25) is 4.79 Å². The maximum absolute atomic E-state index is 13.7.